The Balaban J connectivity index is 1.72. The number of nitrogens with one attached hydrogen (secondary N) is 1. The van der Waals surface area contributed by atoms with Crippen LogP contribution in [-0.4, -0.2) is 45.1 Å². The summed E-state index contributed by atoms with van der Waals surface area (Å²) in [6.45, 7) is 0.559. The topological polar surface area (TPSA) is 118 Å². The minimum absolute atomic E-state index is 0.0472. The van der Waals surface area contributed by atoms with E-state index < -0.39 is 17.3 Å². The molecule has 1 aromatic carbocycles. The standard InChI is InChI=1S/C23H20F2N6O2/c24-23(25)6-3-8-31(9-7-23)22-14(10-13-4-1-2-5-15(13)29-22)16-11-18(32)19-17(28-16)12-27-30-20(19)21(26)33/h1-2,4-5,10-12H,3,6-9H2,(H2,26,33)(H,28,32). The summed E-state index contributed by atoms with van der Waals surface area (Å²) in [5, 5.41) is 8.34. The fourth-order valence-corrected chi connectivity index (χ4v) is 4.25. The number of amides is 1. The number of H-pyrrole nitrogens is 1. The average molecular weight is 450 g/mol. The van der Waals surface area contributed by atoms with Crippen LogP contribution >= 0.6 is 0 Å². The summed E-state index contributed by atoms with van der Waals surface area (Å²) >= 11 is 0. The van der Waals surface area contributed by atoms with Crippen molar-refractivity contribution < 1.29 is 13.6 Å². The van der Waals surface area contributed by atoms with Gasteiger partial charge in [-0.1, -0.05) is 18.2 Å². The number of para-hydroxylation sites is 1. The molecular formula is C23H20F2N6O2. The van der Waals surface area contributed by atoms with E-state index in [1.54, 1.807) is 0 Å². The third-order valence-corrected chi connectivity index (χ3v) is 5.89. The smallest absolute Gasteiger partial charge is 0.270 e. The molecule has 3 N–H and O–H groups in total. The first-order chi connectivity index (χ1) is 15.8. The fraction of sp³-hybridized carbons (Fsp3) is 0.261. The van der Waals surface area contributed by atoms with Crippen LogP contribution in [-0.2, 0) is 0 Å². The summed E-state index contributed by atoms with van der Waals surface area (Å²) in [6, 6.07) is 10.7. The molecule has 1 fully saturated rings. The van der Waals surface area contributed by atoms with Gasteiger partial charge >= 0.3 is 0 Å². The molecule has 0 radical (unpaired) electrons. The van der Waals surface area contributed by atoms with E-state index in [-0.39, 0.29) is 30.5 Å². The van der Waals surface area contributed by atoms with Crippen LogP contribution in [0, 0.1) is 0 Å². The van der Waals surface area contributed by atoms with E-state index in [9.17, 15) is 18.4 Å². The molecule has 0 saturated carbocycles. The zero-order chi connectivity index (χ0) is 23.2. The van der Waals surface area contributed by atoms with Crippen molar-refractivity contribution >= 4 is 33.5 Å². The number of alkyl halides is 2. The number of aromatic nitrogens is 4. The molecule has 1 amide bonds. The lowest BCUT2D eigenvalue weighted by molar-refractivity contribution is -0.0102. The molecule has 0 bridgehead atoms. The number of halogens is 2. The Morgan fingerprint density at radius 1 is 1.15 bits per heavy atom. The van der Waals surface area contributed by atoms with E-state index >= 15 is 0 Å². The van der Waals surface area contributed by atoms with Crippen LogP contribution in [0.2, 0.25) is 0 Å². The quantitative estimate of drug-likeness (QED) is 0.495. The normalized spacial score (nSPS) is 16.1. The number of anilines is 1. The number of rotatable bonds is 3. The second-order valence-electron chi connectivity index (χ2n) is 8.14. The lowest BCUT2D eigenvalue weighted by Crippen LogP contribution is -2.27. The number of hydrogen-bond acceptors (Lipinski definition) is 6. The van der Waals surface area contributed by atoms with Crippen LogP contribution in [0.1, 0.15) is 29.8 Å². The van der Waals surface area contributed by atoms with Crippen LogP contribution in [0.25, 0.3) is 33.1 Å². The van der Waals surface area contributed by atoms with Gasteiger partial charge in [-0.25, -0.2) is 13.8 Å². The number of fused-ring (bicyclic) bond motifs is 2. The number of hydrogen-bond donors (Lipinski definition) is 2. The van der Waals surface area contributed by atoms with Crippen molar-refractivity contribution in [2.24, 2.45) is 5.73 Å². The van der Waals surface area contributed by atoms with Crippen LogP contribution in [0.5, 0.6) is 0 Å². The van der Waals surface area contributed by atoms with E-state index in [2.05, 4.69) is 15.2 Å². The number of benzene rings is 1. The zero-order valence-corrected chi connectivity index (χ0v) is 17.5. The first-order valence-corrected chi connectivity index (χ1v) is 10.5. The van der Waals surface area contributed by atoms with Gasteiger partial charge in [0, 0.05) is 42.9 Å². The highest BCUT2D eigenvalue weighted by molar-refractivity contribution is 6.03. The van der Waals surface area contributed by atoms with Gasteiger partial charge in [0.25, 0.3) is 5.91 Å². The first kappa shape index (κ1) is 20.9. The van der Waals surface area contributed by atoms with Gasteiger partial charge in [0.05, 0.1) is 28.3 Å². The third kappa shape index (κ3) is 3.88. The highest BCUT2D eigenvalue weighted by atomic mass is 19.3. The second-order valence-corrected chi connectivity index (χ2v) is 8.14. The molecule has 3 aromatic heterocycles. The minimum Gasteiger partial charge on any atom is -0.364 e. The van der Waals surface area contributed by atoms with E-state index in [0.717, 1.165) is 10.9 Å². The molecule has 10 heteroatoms. The molecule has 168 valence electrons. The lowest BCUT2D eigenvalue weighted by Gasteiger charge is -2.25. The zero-order valence-electron chi connectivity index (χ0n) is 17.5. The van der Waals surface area contributed by atoms with E-state index in [1.165, 1.54) is 12.3 Å². The number of aromatic amines is 1. The molecule has 1 aliphatic rings. The lowest BCUT2D eigenvalue weighted by atomic mass is 10.1. The number of carbonyl (C=O) groups excluding carboxylic acids is 1. The predicted molar refractivity (Wildman–Crippen MR) is 120 cm³/mol. The Morgan fingerprint density at radius 2 is 1.97 bits per heavy atom. The van der Waals surface area contributed by atoms with Crippen LogP contribution in [0.15, 0.2) is 47.4 Å². The van der Waals surface area contributed by atoms with Gasteiger partial charge in [-0.3, -0.25) is 9.59 Å². The van der Waals surface area contributed by atoms with Crippen LogP contribution < -0.4 is 16.1 Å². The summed E-state index contributed by atoms with van der Waals surface area (Å²) < 4.78 is 28.0. The average Bonchev–Trinajstić information content (AvgIpc) is 2.98. The molecule has 0 unspecified atom stereocenters. The maximum absolute atomic E-state index is 14.0. The molecule has 0 spiro atoms. The molecule has 4 aromatic rings. The molecule has 33 heavy (non-hydrogen) atoms. The summed E-state index contributed by atoms with van der Waals surface area (Å²) in [5.74, 6) is -3.06. The summed E-state index contributed by atoms with van der Waals surface area (Å²) in [5.41, 5.74) is 6.71. The molecule has 1 aliphatic heterocycles. The summed E-state index contributed by atoms with van der Waals surface area (Å²) in [6.07, 6.45) is 1.22. The van der Waals surface area contributed by atoms with Gasteiger partial charge in [0.15, 0.2) is 11.1 Å². The molecule has 4 heterocycles. The molecular weight excluding hydrogens is 430 g/mol. The van der Waals surface area contributed by atoms with E-state index in [0.29, 0.717) is 35.6 Å². The Bertz CT molecular complexity index is 1450. The van der Waals surface area contributed by atoms with Crippen molar-refractivity contribution in [2.45, 2.75) is 25.2 Å². The monoisotopic (exact) mass is 450 g/mol. The van der Waals surface area contributed by atoms with Crippen molar-refractivity contribution in [3.8, 4) is 11.3 Å². The number of carbonyl (C=O) groups is 1. The Hall–Kier alpha value is -3.95. The summed E-state index contributed by atoms with van der Waals surface area (Å²) in [4.78, 5) is 34.4. The van der Waals surface area contributed by atoms with Crippen LogP contribution in [0.3, 0.4) is 0 Å². The molecule has 0 aliphatic carbocycles. The number of nitrogens with two attached hydrogens (primary N) is 1. The minimum atomic E-state index is -2.72. The Kier molecular flexibility index (Phi) is 4.99. The third-order valence-electron chi connectivity index (χ3n) is 5.89. The predicted octanol–water partition coefficient (Wildman–Crippen LogP) is 3.26. The van der Waals surface area contributed by atoms with Crippen molar-refractivity contribution in [1.82, 2.24) is 20.2 Å². The van der Waals surface area contributed by atoms with Gasteiger partial charge in [-0.05, 0) is 18.6 Å². The van der Waals surface area contributed by atoms with Gasteiger partial charge < -0.3 is 15.6 Å². The Morgan fingerprint density at radius 3 is 2.79 bits per heavy atom. The molecule has 0 atom stereocenters. The maximum Gasteiger partial charge on any atom is 0.270 e. The SMILES string of the molecule is NC(=O)c1nncc2[nH]c(-c3cc4ccccc4nc3N3CCCC(F)(F)CC3)cc(=O)c12. The fourth-order valence-electron chi connectivity index (χ4n) is 4.25. The second kappa shape index (κ2) is 7.88. The Labute approximate surface area is 186 Å². The van der Waals surface area contributed by atoms with Crippen LogP contribution in [0.4, 0.5) is 14.6 Å². The molecule has 1 saturated heterocycles. The first-order valence-electron chi connectivity index (χ1n) is 10.5. The highest BCUT2D eigenvalue weighted by Crippen LogP contribution is 2.35. The largest absolute Gasteiger partial charge is 0.364 e. The van der Waals surface area contributed by atoms with Gasteiger partial charge in [0.1, 0.15) is 5.82 Å². The number of nitrogens with zero attached hydrogens (tertiary/aromatic N) is 4. The molecule has 5 rings (SSSR count). The number of pyridine rings is 2. The maximum atomic E-state index is 14.0. The molecule has 8 nitrogen and oxygen atoms in total. The number of primary amides is 1. The van der Waals surface area contributed by atoms with Gasteiger partial charge in [0.2, 0.25) is 5.92 Å². The summed E-state index contributed by atoms with van der Waals surface area (Å²) in [7, 11) is 0. The van der Waals surface area contributed by atoms with Crippen molar-refractivity contribution in [3.05, 3.63) is 58.5 Å². The van der Waals surface area contributed by atoms with Gasteiger partial charge in [-0.2, -0.15) is 5.10 Å². The van der Waals surface area contributed by atoms with Crippen molar-refractivity contribution in [2.75, 3.05) is 18.0 Å². The highest BCUT2D eigenvalue weighted by Gasteiger charge is 2.33. The van der Waals surface area contributed by atoms with E-state index in [1.807, 2.05) is 35.2 Å². The van der Waals surface area contributed by atoms with Crippen molar-refractivity contribution in [1.29, 1.82) is 0 Å². The van der Waals surface area contributed by atoms with E-state index in [4.69, 9.17) is 10.7 Å². The van der Waals surface area contributed by atoms with Gasteiger partial charge in [-0.15, -0.1) is 5.10 Å². The van der Waals surface area contributed by atoms with Crippen molar-refractivity contribution in [3.63, 3.8) is 0 Å².